The van der Waals surface area contributed by atoms with E-state index in [2.05, 4.69) is 48.3 Å². The Balaban J connectivity index is 1.99. The topological polar surface area (TPSA) is 32.3 Å². The Kier molecular flexibility index (Phi) is 7.08. The van der Waals surface area contributed by atoms with Gasteiger partial charge in [-0.25, -0.2) is 0 Å². The molecule has 1 saturated carbocycles. The van der Waals surface area contributed by atoms with Gasteiger partial charge in [-0.3, -0.25) is 0 Å². The molecule has 21 heavy (non-hydrogen) atoms. The number of thioether (sulfide) groups is 1. The highest BCUT2D eigenvalue weighted by molar-refractivity contribution is 7.99. The molecule has 0 saturated heterocycles. The Morgan fingerprint density at radius 2 is 1.95 bits per heavy atom. The van der Waals surface area contributed by atoms with Crippen molar-refractivity contribution >= 4 is 11.8 Å². The van der Waals surface area contributed by atoms with Gasteiger partial charge in [-0.15, -0.1) is 0 Å². The molecule has 0 spiro atoms. The minimum absolute atomic E-state index is 0.169. The molecule has 0 aromatic heterocycles. The van der Waals surface area contributed by atoms with Crippen LogP contribution in [0.1, 0.15) is 51.0 Å². The summed E-state index contributed by atoms with van der Waals surface area (Å²) in [6, 6.07) is 10.5. The van der Waals surface area contributed by atoms with Crippen molar-refractivity contribution in [2.75, 3.05) is 18.9 Å². The summed E-state index contributed by atoms with van der Waals surface area (Å²) in [6.07, 6.45) is 7.64. The summed E-state index contributed by atoms with van der Waals surface area (Å²) >= 11 is 2.10. The Labute approximate surface area is 133 Å². The number of aliphatic hydroxyl groups is 1. The summed E-state index contributed by atoms with van der Waals surface area (Å²) in [5.74, 6) is 1.12. The van der Waals surface area contributed by atoms with E-state index in [1.54, 1.807) is 0 Å². The van der Waals surface area contributed by atoms with Gasteiger partial charge in [0.05, 0.1) is 12.1 Å². The van der Waals surface area contributed by atoms with Crippen molar-refractivity contribution < 1.29 is 5.11 Å². The van der Waals surface area contributed by atoms with Crippen LogP contribution in [-0.2, 0) is 5.54 Å². The lowest BCUT2D eigenvalue weighted by molar-refractivity contribution is 0.157. The van der Waals surface area contributed by atoms with Crippen molar-refractivity contribution in [3.8, 4) is 0 Å². The molecule has 118 valence electrons. The second-order valence-electron chi connectivity index (χ2n) is 6.06. The van der Waals surface area contributed by atoms with Crippen LogP contribution in [0.2, 0.25) is 0 Å². The molecule has 1 aliphatic carbocycles. The van der Waals surface area contributed by atoms with Crippen molar-refractivity contribution in [3.63, 3.8) is 0 Å². The molecule has 0 heterocycles. The third kappa shape index (κ3) is 4.73. The number of aliphatic hydroxyl groups excluding tert-OH is 1. The fourth-order valence-corrected chi connectivity index (χ4v) is 4.60. The first-order chi connectivity index (χ1) is 10.3. The molecule has 1 aromatic carbocycles. The highest BCUT2D eigenvalue weighted by Gasteiger charge is 2.30. The summed E-state index contributed by atoms with van der Waals surface area (Å²) in [5, 5.41) is 14.5. The van der Waals surface area contributed by atoms with Gasteiger partial charge in [-0.2, -0.15) is 11.8 Å². The molecule has 1 unspecified atom stereocenters. The van der Waals surface area contributed by atoms with E-state index in [-0.39, 0.29) is 12.1 Å². The van der Waals surface area contributed by atoms with Gasteiger partial charge in [0, 0.05) is 5.25 Å². The first kappa shape index (κ1) is 16.9. The van der Waals surface area contributed by atoms with Crippen molar-refractivity contribution in [2.45, 2.75) is 56.2 Å². The molecule has 0 aliphatic heterocycles. The molecule has 1 aromatic rings. The SMILES string of the molecule is CCCNC(CO)(CCSC1CCCC1)c1ccccc1. The monoisotopic (exact) mass is 307 g/mol. The minimum atomic E-state index is -0.275. The molecule has 1 atom stereocenters. The third-order valence-corrected chi connectivity index (χ3v) is 5.88. The number of benzene rings is 1. The fraction of sp³-hybridized carbons (Fsp3) is 0.667. The summed E-state index contributed by atoms with van der Waals surface area (Å²) in [7, 11) is 0. The first-order valence-corrected chi connectivity index (χ1v) is 9.38. The maximum absolute atomic E-state index is 10.1. The van der Waals surface area contributed by atoms with Crippen molar-refractivity contribution in [2.24, 2.45) is 0 Å². The standard InChI is InChI=1S/C18H29NOS/c1-2-13-19-18(15-20,16-8-4-3-5-9-16)12-14-21-17-10-6-7-11-17/h3-5,8-9,17,19-20H,2,6-7,10-15H2,1H3. The predicted molar refractivity (Wildman–Crippen MR) is 92.8 cm³/mol. The van der Waals surface area contributed by atoms with E-state index >= 15 is 0 Å². The lowest BCUT2D eigenvalue weighted by Crippen LogP contribution is -2.46. The normalized spacial score (nSPS) is 18.8. The van der Waals surface area contributed by atoms with Crippen LogP contribution < -0.4 is 5.32 Å². The first-order valence-electron chi connectivity index (χ1n) is 8.34. The van der Waals surface area contributed by atoms with E-state index < -0.39 is 0 Å². The molecule has 0 amide bonds. The van der Waals surface area contributed by atoms with Crippen LogP contribution in [0.25, 0.3) is 0 Å². The average Bonchev–Trinajstić information content (AvgIpc) is 3.05. The highest BCUT2D eigenvalue weighted by Crippen LogP contribution is 2.33. The van der Waals surface area contributed by atoms with Gasteiger partial charge in [0.1, 0.15) is 0 Å². The van der Waals surface area contributed by atoms with Crippen LogP contribution in [0.4, 0.5) is 0 Å². The van der Waals surface area contributed by atoms with Crippen molar-refractivity contribution in [1.82, 2.24) is 5.32 Å². The lowest BCUT2D eigenvalue weighted by Gasteiger charge is -2.34. The van der Waals surface area contributed by atoms with E-state index in [1.165, 1.54) is 31.2 Å². The second kappa shape index (κ2) is 8.82. The lowest BCUT2D eigenvalue weighted by atomic mass is 9.88. The van der Waals surface area contributed by atoms with Crippen LogP contribution in [0, 0.1) is 0 Å². The molecule has 0 bridgehead atoms. The Hall–Kier alpha value is -0.510. The maximum Gasteiger partial charge on any atom is 0.0677 e. The molecule has 2 N–H and O–H groups in total. The Morgan fingerprint density at radius 3 is 2.57 bits per heavy atom. The van der Waals surface area contributed by atoms with E-state index in [1.807, 2.05) is 6.07 Å². The summed E-state index contributed by atoms with van der Waals surface area (Å²) in [6.45, 7) is 3.29. The maximum atomic E-state index is 10.1. The van der Waals surface area contributed by atoms with Gasteiger partial charge in [-0.1, -0.05) is 50.1 Å². The Morgan fingerprint density at radius 1 is 1.24 bits per heavy atom. The molecule has 2 nitrogen and oxygen atoms in total. The van der Waals surface area contributed by atoms with Gasteiger partial charge < -0.3 is 10.4 Å². The zero-order valence-corrected chi connectivity index (χ0v) is 14.0. The second-order valence-corrected chi connectivity index (χ2v) is 7.47. The number of nitrogens with one attached hydrogen (secondary N) is 1. The van der Waals surface area contributed by atoms with Crippen LogP contribution in [0.15, 0.2) is 30.3 Å². The number of hydrogen-bond donors (Lipinski definition) is 2. The van der Waals surface area contributed by atoms with Crippen LogP contribution in [0.3, 0.4) is 0 Å². The minimum Gasteiger partial charge on any atom is -0.394 e. The van der Waals surface area contributed by atoms with E-state index in [0.29, 0.717) is 0 Å². The van der Waals surface area contributed by atoms with Crippen molar-refractivity contribution in [1.29, 1.82) is 0 Å². The van der Waals surface area contributed by atoms with E-state index in [0.717, 1.165) is 30.4 Å². The zero-order valence-electron chi connectivity index (χ0n) is 13.2. The van der Waals surface area contributed by atoms with Crippen molar-refractivity contribution in [3.05, 3.63) is 35.9 Å². The van der Waals surface area contributed by atoms with Gasteiger partial charge in [-0.05, 0) is 43.5 Å². The summed E-state index contributed by atoms with van der Waals surface area (Å²) in [4.78, 5) is 0. The molecular weight excluding hydrogens is 278 g/mol. The fourth-order valence-electron chi connectivity index (χ4n) is 3.14. The van der Waals surface area contributed by atoms with Gasteiger partial charge in [0.2, 0.25) is 0 Å². The van der Waals surface area contributed by atoms with E-state index in [4.69, 9.17) is 0 Å². The summed E-state index contributed by atoms with van der Waals surface area (Å²) < 4.78 is 0. The highest BCUT2D eigenvalue weighted by atomic mass is 32.2. The van der Waals surface area contributed by atoms with Gasteiger partial charge in [0.25, 0.3) is 0 Å². The zero-order chi connectivity index (χ0) is 15.0. The molecule has 3 heteroatoms. The Bertz CT molecular complexity index is 391. The van der Waals surface area contributed by atoms with Crippen LogP contribution >= 0.6 is 11.8 Å². The molecular formula is C18H29NOS. The van der Waals surface area contributed by atoms with Gasteiger partial charge >= 0.3 is 0 Å². The number of hydrogen-bond acceptors (Lipinski definition) is 3. The smallest absolute Gasteiger partial charge is 0.0677 e. The average molecular weight is 308 g/mol. The quantitative estimate of drug-likeness (QED) is 0.725. The molecule has 0 radical (unpaired) electrons. The summed E-state index contributed by atoms with van der Waals surface area (Å²) in [5.41, 5.74) is 0.941. The molecule has 2 rings (SSSR count). The largest absolute Gasteiger partial charge is 0.394 e. The molecule has 1 aliphatic rings. The van der Waals surface area contributed by atoms with Crippen LogP contribution in [0.5, 0.6) is 0 Å². The third-order valence-electron chi connectivity index (χ3n) is 4.49. The predicted octanol–water partition coefficient (Wildman–Crippen LogP) is 3.94. The number of rotatable bonds is 9. The van der Waals surface area contributed by atoms with E-state index in [9.17, 15) is 5.11 Å². The molecule has 1 fully saturated rings. The van der Waals surface area contributed by atoms with Crippen LogP contribution in [-0.4, -0.2) is 29.3 Å². The van der Waals surface area contributed by atoms with Gasteiger partial charge in [0.15, 0.2) is 0 Å².